The number of carboxylic acid groups (broad SMARTS) is 1. The molecular formula is C28H32N2O5. The number of carboxylic acids is 1. The van der Waals surface area contributed by atoms with E-state index in [1.165, 1.54) is 22.3 Å². The number of rotatable bonds is 12. The topological polar surface area (TPSA) is 105 Å². The second kappa shape index (κ2) is 13.2. The first-order valence-corrected chi connectivity index (χ1v) is 12.0. The molecule has 0 saturated heterocycles. The fourth-order valence-electron chi connectivity index (χ4n) is 4.27. The number of fused-ring (bicyclic) bond motifs is 3. The SMILES string of the molecule is CC#CCC(NC(=O)CCCCCCNC(=O)OCC1c2ccccc2-c2ccccc21)C(=O)O. The van der Waals surface area contributed by atoms with Crippen molar-refractivity contribution in [1.82, 2.24) is 10.6 Å². The van der Waals surface area contributed by atoms with Crippen molar-refractivity contribution in [1.29, 1.82) is 0 Å². The number of amides is 2. The first-order chi connectivity index (χ1) is 17.0. The molecule has 2 aromatic carbocycles. The monoisotopic (exact) mass is 476 g/mol. The Hall–Kier alpha value is -3.79. The summed E-state index contributed by atoms with van der Waals surface area (Å²) in [6.07, 6.45) is 3.02. The van der Waals surface area contributed by atoms with Crippen LogP contribution in [-0.4, -0.2) is 42.3 Å². The predicted octanol–water partition coefficient (Wildman–Crippen LogP) is 4.46. The second-order valence-corrected chi connectivity index (χ2v) is 8.51. The third-order valence-electron chi connectivity index (χ3n) is 6.06. The molecule has 0 heterocycles. The smallest absolute Gasteiger partial charge is 0.407 e. The Labute approximate surface area is 206 Å². The lowest BCUT2D eigenvalue weighted by Crippen LogP contribution is -2.40. The molecule has 0 saturated carbocycles. The van der Waals surface area contributed by atoms with Gasteiger partial charge >= 0.3 is 12.1 Å². The van der Waals surface area contributed by atoms with Gasteiger partial charge in [0.25, 0.3) is 0 Å². The largest absolute Gasteiger partial charge is 0.480 e. The van der Waals surface area contributed by atoms with E-state index in [1.807, 2.05) is 24.3 Å². The molecule has 35 heavy (non-hydrogen) atoms. The van der Waals surface area contributed by atoms with Gasteiger partial charge in [0.05, 0.1) is 0 Å². The highest BCUT2D eigenvalue weighted by atomic mass is 16.5. The number of alkyl carbamates (subject to hydrolysis) is 1. The Bertz CT molecular complexity index is 1060. The van der Waals surface area contributed by atoms with Crippen molar-refractivity contribution in [2.24, 2.45) is 0 Å². The van der Waals surface area contributed by atoms with Crippen LogP contribution in [0.5, 0.6) is 0 Å². The Balaban J connectivity index is 1.30. The number of ether oxygens (including phenoxy) is 1. The third-order valence-corrected chi connectivity index (χ3v) is 6.06. The van der Waals surface area contributed by atoms with Crippen LogP contribution < -0.4 is 10.6 Å². The molecule has 3 rings (SSSR count). The molecule has 0 spiro atoms. The number of hydrogen-bond donors (Lipinski definition) is 3. The zero-order valence-corrected chi connectivity index (χ0v) is 20.0. The van der Waals surface area contributed by atoms with E-state index in [9.17, 15) is 14.4 Å². The molecule has 2 amide bonds. The summed E-state index contributed by atoms with van der Waals surface area (Å²) in [5.41, 5.74) is 4.75. The average Bonchev–Trinajstić information content (AvgIpc) is 3.18. The molecule has 1 aliphatic rings. The zero-order chi connectivity index (χ0) is 25.0. The van der Waals surface area contributed by atoms with Crippen LogP contribution in [0.25, 0.3) is 11.1 Å². The Morgan fingerprint density at radius 2 is 1.60 bits per heavy atom. The summed E-state index contributed by atoms with van der Waals surface area (Å²) in [4.78, 5) is 35.3. The van der Waals surface area contributed by atoms with Crippen molar-refractivity contribution in [3.8, 4) is 23.0 Å². The van der Waals surface area contributed by atoms with E-state index in [1.54, 1.807) is 6.92 Å². The Kier molecular flexibility index (Phi) is 9.73. The lowest BCUT2D eigenvalue weighted by atomic mass is 9.98. The van der Waals surface area contributed by atoms with Gasteiger partial charge in [-0.3, -0.25) is 4.79 Å². The molecule has 0 bridgehead atoms. The van der Waals surface area contributed by atoms with Crippen molar-refractivity contribution in [2.75, 3.05) is 13.2 Å². The standard InChI is InChI=1S/C28H32N2O5/c1-2-3-16-25(27(32)33)30-26(31)17-6-4-5-11-18-29-28(34)35-19-24-22-14-9-7-12-20(22)21-13-8-10-15-23(21)24/h7-10,12-15,24-25H,4-6,11,16-19H2,1H3,(H,29,34)(H,30,31)(H,32,33). The molecule has 2 aromatic rings. The number of hydrogen-bond acceptors (Lipinski definition) is 4. The number of unbranched alkanes of at least 4 members (excludes halogenated alkanes) is 3. The van der Waals surface area contributed by atoms with Gasteiger partial charge in [0.2, 0.25) is 5.91 Å². The minimum atomic E-state index is -1.08. The Morgan fingerprint density at radius 3 is 2.23 bits per heavy atom. The van der Waals surface area contributed by atoms with Gasteiger partial charge in [-0.05, 0) is 42.0 Å². The van der Waals surface area contributed by atoms with Crippen LogP contribution in [0.15, 0.2) is 48.5 Å². The summed E-state index contributed by atoms with van der Waals surface area (Å²) < 4.78 is 5.52. The van der Waals surface area contributed by atoms with E-state index < -0.39 is 18.1 Å². The lowest BCUT2D eigenvalue weighted by molar-refractivity contribution is -0.141. The fourth-order valence-corrected chi connectivity index (χ4v) is 4.27. The van der Waals surface area contributed by atoms with Crippen molar-refractivity contribution in [3.63, 3.8) is 0 Å². The maximum absolute atomic E-state index is 12.2. The Morgan fingerprint density at radius 1 is 0.971 bits per heavy atom. The first-order valence-electron chi connectivity index (χ1n) is 12.0. The third kappa shape index (κ3) is 7.35. The maximum atomic E-state index is 12.2. The van der Waals surface area contributed by atoms with Gasteiger partial charge in [0, 0.05) is 25.3 Å². The molecule has 184 valence electrons. The molecule has 0 fully saturated rings. The van der Waals surface area contributed by atoms with Crippen molar-refractivity contribution < 1.29 is 24.2 Å². The van der Waals surface area contributed by atoms with Crippen molar-refractivity contribution >= 4 is 18.0 Å². The van der Waals surface area contributed by atoms with Gasteiger partial charge in [-0.15, -0.1) is 11.8 Å². The molecule has 0 aliphatic heterocycles. The molecule has 1 aliphatic carbocycles. The molecule has 3 N–H and O–H groups in total. The molecule has 0 aromatic heterocycles. The molecular weight excluding hydrogens is 444 g/mol. The summed E-state index contributed by atoms with van der Waals surface area (Å²) in [6.45, 7) is 2.42. The summed E-state index contributed by atoms with van der Waals surface area (Å²) in [6, 6.07) is 15.5. The molecule has 7 nitrogen and oxygen atoms in total. The quantitative estimate of drug-likeness (QED) is 0.310. The number of aliphatic carboxylic acids is 1. The van der Waals surface area contributed by atoms with Crippen LogP contribution in [0.3, 0.4) is 0 Å². The van der Waals surface area contributed by atoms with E-state index in [0.717, 1.165) is 19.3 Å². The predicted molar refractivity (Wildman–Crippen MR) is 134 cm³/mol. The number of carbonyl (C=O) groups is 3. The van der Waals surface area contributed by atoms with Crippen LogP contribution in [0.2, 0.25) is 0 Å². The van der Waals surface area contributed by atoms with E-state index >= 15 is 0 Å². The van der Waals surface area contributed by atoms with E-state index in [2.05, 4.69) is 46.7 Å². The van der Waals surface area contributed by atoms with Gasteiger partial charge < -0.3 is 20.5 Å². The van der Waals surface area contributed by atoms with Gasteiger partial charge in [-0.2, -0.15) is 0 Å². The van der Waals surface area contributed by atoms with E-state index in [-0.39, 0.29) is 31.3 Å². The second-order valence-electron chi connectivity index (χ2n) is 8.51. The number of benzene rings is 2. The number of carbonyl (C=O) groups excluding carboxylic acids is 2. The zero-order valence-electron chi connectivity index (χ0n) is 20.0. The van der Waals surface area contributed by atoms with Crippen LogP contribution in [0.1, 0.15) is 62.5 Å². The summed E-state index contributed by atoms with van der Waals surface area (Å²) >= 11 is 0. The summed E-state index contributed by atoms with van der Waals surface area (Å²) in [5.74, 6) is 3.98. The van der Waals surface area contributed by atoms with E-state index in [4.69, 9.17) is 9.84 Å². The van der Waals surface area contributed by atoms with Crippen molar-refractivity contribution in [3.05, 3.63) is 59.7 Å². The lowest BCUT2D eigenvalue weighted by Gasteiger charge is -2.14. The fraction of sp³-hybridized carbons (Fsp3) is 0.393. The van der Waals surface area contributed by atoms with Gasteiger partial charge in [-0.25, -0.2) is 9.59 Å². The van der Waals surface area contributed by atoms with E-state index in [0.29, 0.717) is 13.0 Å². The van der Waals surface area contributed by atoms with Crippen LogP contribution in [0.4, 0.5) is 4.79 Å². The first kappa shape index (κ1) is 25.8. The minimum Gasteiger partial charge on any atom is -0.480 e. The average molecular weight is 477 g/mol. The maximum Gasteiger partial charge on any atom is 0.407 e. The molecule has 1 unspecified atom stereocenters. The highest BCUT2D eigenvalue weighted by molar-refractivity contribution is 5.83. The molecule has 1 atom stereocenters. The van der Waals surface area contributed by atoms with Gasteiger partial charge in [-0.1, -0.05) is 61.4 Å². The van der Waals surface area contributed by atoms with Crippen LogP contribution in [0, 0.1) is 11.8 Å². The molecule has 0 radical (unpaired) electrons. The van der Waals surface area contributed by atoms with Crippen molar-refractivity contribution in [2.45, 2.75) is 57.4 Å². The summed E-state index contributed by atoms with van der Waals surface area (Å²) in [5, 5.41) is 14.4. The number of nitrogens with one attached hydrogen (secondary N) is 2. The van der Waals surface area contributed by atoms with Crippen LogP contribution in [-0.2, 0) is 14.3 Å². The van der Waals surface area contributed by atoms with Crippen LogP contribution >= 0.6 is 0 Å². The highest BCUT2D eigenvalue weighted by Gasteiger charge is 2.28. The highest BCUT2D eigenvalue weighted by Crippen LogP contribution is 2.44. The minimum absolute atomic E-state index is 0.0361. The molecule has 7 heteroatoms. The van der Waals surface area contributed by atoms with Gasteiger partial charge in [0.15, 0.2) is 0 Å². The van der Waals surface area contributed by atoms with Gasteiger partial charge in [0.1, 0.15) is 12.6 Å². The normalized spacial score (nSPS) is 12.5. The summed E-state index contributed by atoms with van der Waals surface area (Å²) in [7, 11) is 0.